The molecule has 0 aromatic heterocycles. The van der Waals surface area contributed by atoms with Crippen LogP contribution in [0.1, 0.15) is 19.8 Å². The Morgan fingerprint density at radius 1 is 0.778 bits per heavy atom. The van der Waals surface area contributed by atoms with E-state index in [1.54, 1.807) is 0 Å². The summed E-state index contributed by atoms with van der Waals surface area (Å²) >= 11 is 0. The van der Waals surface area contributed by atoms with Gasteiger partial charge in [0.25, 0.3) is 0 Å². The molecule has 0 spiro atoms. The van der Waals surface area contributed by atoms with Crippen LogP contribution in [-0.4, -0.2) is 86.2 Å². The summed E-state index contributed by atoms with van der Waals surface area (Å²) in [4.78, 5) is 4.42. The number of nitrogens with zero attached hydrogens (tertiary/aromatic N) is 2. The molecule has 0 aliphatic carbocycles. The largest absolute Gasteiger partial charge is 0.396 e. The van der Waals surface area contributed by atoms with Crippen LogP contribution < -0.4 is 0 Å². The summed E-state index contributed by atoms with van der Waals surface area (Å²) < 4.78 is 0. The van der Waals surface area contributed by atoms with Gasteiger partial charge >= 0.3 is 0 Å². The van der Waals surface area contributed by atoms with Gasteiger partial charge in [-0.2, -0.15) is 0 Å². The van der Waals surface area contributed by atoms with Crippen molar-refractivity contribution in [2.75, 3.05) is 61.1 Å². The average Bonchev–Trinajstić information content (AvgIpc) is 2.32. The molecule has 0 atom stereocenters. The first-order chi connectivity index (χ1) is 8.37. The molecule has 0 saturated heterocycles. The van der Waals surface area contributed by atoms with Crippen molar-refractivity contribution in [3.8, 4) is 0 Å². The van der Waals surface area contributed by atoms with Gasteiger partial charge in [-0.05, 0) is 54.1 Å². The molecule has 3 N–H and O–H groups in total. The maximum atomic E-state index is 8.66. The first-order valence-electron chi connectivity index (χ1n) is 6.49. The van der Waals surface area contributed by atoms with Crippen molar-refractivity contribution in [2.24, 2.45) is 5.41 Å². The Bertz CT molecular complexity index is 146. The highest BCUT2D eigenvalue weighted by Gasteiger charge is 2.24. The van der Waals surface area contributed by atoms with Crippen LogP contribution in [0.15, 0.2) is 0 Å². The van der Waals surface area contributed by atoms with Gasteiger partial charge in [-0.25, -0.2) is 0 Å². The quantitative estimate of drug-likeness (QED) is 0.569. The number of hydrogen-bond acceptors (Lipinski definition) is 5. The summed E-state index contributed by atoms with van der Waals surface area (Å²) in [6, 6.07) is 0. The second kappa shape index (κ2) is 11.9. The monoisotopic (exact) mass is 264 g/mol. The molecule has 0 aliphatic rings. The number of rotatable bonds is 8. The third-order valence-corrected chi connectivity index (χ3v) is 2.97. The van der Waals surface area contributed by atoms with Crippen LogP contribution in [0.3, 0.4) is 0 Å². The van der Waals surface area contributed by atoms with Gasteiger partial charge < -0.3 is 25.1 Å². The molecule has 0 rings (SSSR count). The Balaban J connectivity index is 0. The molecule has 5 heteroatoms. The molecular formula is C13H32N2O3. The molecule has 5 nitrogen and oxygen atoms in total. The first kappa shape index (κ1) is 20.1. The Kier molecular flexibility index (Phi) is 13.3. The average molecular weight is 264 g/mol. The fourth-order valence-electron chi connectivity index (χ4n) is 1.19. The van der Waals surface area contributed by atoms with Gasteiger partial charge in [0.05, 0.1) is 19.8 Å². The van der Waals surface area contributed by atoms with Crippen LogP contribution in [0, 0.1) is 5.41 Å². The maximum absolute atomic E-state index is 8.66. The van der Waals surface area contributed by atoms with Crippen molar-refractivity contribution in [3.63, 3.8) is 0 Å². The van der Waals surface area contributed by atoms with Crippen LogP contribution in [-0.2, 0) is 0 Å². The summed E-state index contributed by atoms with van der Waals surface area (Å²) in [6.45, 7) is 3.74. The lowest BCUT2D eigenvalue weighted by molar-refractivity contribution is 0.00304. The molecule has 0 fully saturated rings. The minimum absolute atomic E-state index is 0.156. The van der Waals surface area contributed by atoms with E-state index in [4.69, 9.17) is 15.3 Å². The SMILES string of the molecule is CCC(CO)(CO)CO.CN(C)CCCN(C)C. The Hall–Kier alpha value is -0.200. The van der Waals surface area contributed by atoms with Gasteiger partial charge in [-0.1, -0.05) is 6.92 Å². The van der Waals surface area contributed by atoms with Crippen molar-refractivity contribution in [1.82, 2.24) is 9.80 Å². The Labute approximate surface area is 112 Å². The number of aliphatic hydroxyl groups is 3. The topological polar surface area (TPSA) is 67.2 Å². The highest BCUT2D eigenvalue weighted by Crippen LogP contribution is 2.18. The zero-order valence-electron chi connectivity index (χ0n) is 12.7. The minimum atomic E-state index is -0.667. The van der Waals surface area contributed by atoms with Crippen LogP contribution in [0.5, 0.6) is 0 Å². The van der Waals surface area contributed by atoms with Crippen LogP contribution in [0.4, 0.5) is 0 Å². The van der Waals surface area contributed by atoms with Gasteiger partial charge in [0.2, 0.25) is 0 Å². The van der Waals surface area contributed by atoms with Crippen molar-refractivity contribution in [3.05, 3.63) is 0 Å². The highest BCUT2D eigenvalue weighted by atomic mass is 16.3. The van der Waals surface area contributed by atoms with E-state index < -0.39 is 5.41 Å². The molecular weight excluding hydrogens is 232 g/mol. The van der Waals surface area contributed by atoms with Gasteiger partial charge in [-0.3, -0.25) is 0 Å². The Morgan fingerprint density at radius 2 is 1.11 bits per heavy atom. The first-order valence-corrected chi connectivity index (χ1v) is 6.49. The van der Waals surface area contributed by atoms with E-state index in [0.29, 0.717) is 6.42 Å². The second-order valence-electron chi connectivity index (χ2n) is 5.29. The fraction of sp³-hybridized carbons (Fsp3) is 1.00. The normalized spacial score (nSPS) is 11.7. The van der Waals surface area contributed by atoms with E-state index in [0.717, 1.165) is 0 Å². The summed E-state index contributed by atoms with van der Waals surface area (Å²) in [5, 5.41) is 26.0. The highest BCUT2D eigenvalue weighted by molar-refractivity contribution is 4.74. The fourth-order valence-corrected chi connectivity index (χ4v) is 1.19. The predicted octanol–water partition coefficient (Wildman–Crippen LogP) is -0.141. The molecule has 0 aromatic rings. The van der Waals surface area contributed by atoms with E-state index in [2.05, 4.69) is 38.0 Å². The minimum Gasteiger partial charge on any atom is -0.396 e. The van der Waals surface area contributed by atoms with E-state index in [1.807, 2.05) is 6.92 Å². The predicted molar refractivity (Wildman–Crippen MR) is 75.7 cm³/mol. The van der Waals surface area contributed by atoms with Crippen molar-refractivity contribution in [1.29, 1.82) is 0 Å². The number of aliphatic hydroxyl groups excluding tert-OH is 3. The molecule has 0 amide bonds. The van der Waals surface area contributed by atoms with Crippen LogP contribution in [0.25, 0.3) is 0 Å². The summed E-state index contributed by atoms with van der Waals surface area (Å²) in [6.07, 6.45) is 1.86. The van der Waals surface area contributed by atoms with E-state index in [-0.39, 0.29) is 19.8 Å². The van der Waals surface area contributed by atoms with Gasteiger partial charge in [-0.15, -0.1) is 0 Å². The summed E-state index contributed by atoms with van der Waals surface area (Å²) in [7, 11) is 8.43. The lowest BCUT2D eigenvalue weighted by Gasteiger charge is -2.24. The molecule has 0 bridgehead atoms. The molecule has 0 aromatic carbocycles. The zero-order valence-corrected chi connectivity index (χ0v) is 12.7. The third kappa shape index (κ3) is 10.9. The molecule has 0 aliphatic heterocycles. The molecule has 18 heavy (non-hydrogen) atoms. The molecule has 0 heterocycles. The van der Waals surface area contributed by atoms with E-state index in [1.165, 1.54) is 19.5 Å². The zero-order chi connectivity index (χ0) is 14.6. The third-order valence-electron chi connectivity index (χ3n) is 2.97. The van der Waals surface area contributed by atoms with Crippen LogP contribution >= 0.6 is 0 Å². The molecule has 0 radical (unpaired) electrons. The molecule has 0 unspecified atom stereocenters. The van der Waals surface area contributed by atoms with Crippen LogP contribution in [0.2, 0.25) is 0 Å². The molecule has 0 saturated carbocycles. The maximum Gasteiger partial charge on any atom is 0.0531 e. The van der Waals surface area contributed by atoms with Gasteiger partial charge in [0, 0.05) is 5.41 Å². The Morgan fingerprint density at radius 3 is 1.22 bits per heavy atom. The van der Waals surface area contributed by atoms with Crippen molar-refractivity contribution >= 4 is 0 Å². The van der Waals surface area contributed by atoms with Crippen molar-refractivity contribution < 1.29 is 15.3 Å². The van der Waals surface area contributed by atoms with E-state index in [9.17, 15) is 0 Å². The number of hydrogen-bond donors (Lipinski definition) is 3. The second-order valence-corrected chi connectivity index (χ2v) is 5.29. The lowest BCUT2D eigenvalue weighted by Crippen LogP contribution is -2.32. The van der Waals surface area contributed by atoms with E-state index >= 15 is 0 Å². The van der Waals surface area contributed by atoms with Crippen molar-refractivity contribution in [2.45, 2.75) is 19.8 Å². The summed E-state index contributed by atoms with van der Waals surface area (Å²) in [5.41, 5.74) is -0.667. The standard InChI is InChI=1S/C7H18N2.C6H14O3/c1-8(2)6-5-7-9(3)4;1-2-6(3-7,4-8)5-9/h5-7H2,1-4H3;7-9H,2-5H2,1H3. The smallest absolute Gasteiger partial charge is 0.0531 e. The lowest BCUT2D eigenvalue weighted by atomic mass is 9.88. The molecule has 112 valence electrons. The summed E-state index contributed by atoms with van der Waals surface area (Å²) in [5.74, 6) is 0. The van der Waals surface area contributed by atoms with Gasteiger partial charge in [0.1, 0.15) is 0 Å². The van der Waals surface area contributed by atoms with Gasteiger partial charge in [0.15, 0.2) is 0 Å².